The highest BCUT2D eigenvalue weighted by molar-refractivity contribution is 5.67. The first-order valence-electron chi connectivity index (χ1n) is 7.23. The lowest BCUT2D eigenvalue weighted by Gasteiger charge is -2.46. The highest BCUT2D eigenvalue weighted by Crippen LogP contribution is 2.47. The molecule has 0 saturated heterocycles. The van der Waals surface area contributed by atoms with Crippen molar-refractivity contribution < 1.29 is 9.53 Å². The lowest BCUT2D eigenvalue weighted by Crippen LogP contribution is -2.46. The lowest BCUT2D eigenvalue weighted by atomic mass is 9.62. The Hall–Kier alpha value is -0.730. The van der Waals surface area contributed by atoms with Gasteiger partial charge in [0.05, 0.1) is 6.61 Å². The smallest absolute Gasteiger partial charge is 0.407 e. The molecule has 0 aliphatic heterocycles. The van der Waals surface area contributed by atoms with Gasteiger partial charge in [0.1, 0.15) is 0 Å². The van der Waals surface area contributed by atoms with Crippen LogP contribution < -0.4 is 5.32 Å². The van der Waals surface area contributed by atoms with Crippen LogP contribution in [0.15, 0.2) is 0 Å². The summed E-state index contributed by atoms with van der Waals surface area (Å²) < 4.78 is 5.11. The van der Waals surface area contributed by atoms with Gasteiger partial charge in [0.15, 0.2) is 0 Å². The Kier molecular flexibility index (Phi) is 5.06. The molecule has 0 radical (unpaired) electrons. The van der Waals surface area contributed by atoms with Crippen LogP contribution in [-0.2, 0) is 4.74 Å². The molecule has 3 heteroatoms. The van der Waals surface area contributed by atoms with Crippen molar-refractivity contribution in [2.24, 2.45) is 10.8 Å². The normalized spacial score (nSPS) is 30.8. The van der Waals surface area contributed by atoms with Gasteiger partial charge in [-0.3, -0.25) is 0 Å². The van der Waals surface area contributed by atoms with E-state index < -0.39 is 0 Å². The van der Waals surface area contributed by atoms with Gasteiger partial charge in [0, 0.05) is 6.04 Å². The van der Waals surface area contributed by atoms with Gasteiger partial charge in [0.25, 0.3) is 0 Å². The summed E-state index contributed by atoms with van der Waals surface area (Å²) in [4.78, 5) is 11.6. The third-order valence-electron chi connectivity index (χ3n) is 4.06. The predicted octanol–water partition coefficient (Wildman–Crippen LogP) is 4.12. The monoisotopic (exact) mass is 255 g/mol. The number of carbonyl (C=O) groups excluding carboxylic acids is 1. The van der Waals surface area contributed by atoms with Crippen molar-refractivity contribution in [3.05, 3.63) is 0 Å². The van der Waals surface area contributed by atoms with E-state index in [9.17, 15) is 4.79 Å². The van der Waals surface area contributed by atoms with Crippen LogP contribution in [0.5, 0.6) is 0 Å². The molecule has 0 aromatic carbocycles. The Bertz CT molecular complexity index is 288. The van der Waals surface area contributed by atoms with Gasteiger partial charge in [-0.1, -0.05) is 41.0 Å². The predicted molar refractivity (Wildman–Crippen MR) is 74.6 cm³/mol. The minimum atomic E-state index is -0.252. The molecule has 2 unspecified atom stereocenters. The molecule has 18 heavy (non-hydrogen) atoms. The van der Waals surface area contributed by atoms with Crippen LogP contribution >= 0.6 is 0 Å². The van der Waals surface area contributed by atoms with Crippen molar-refractivity contribution in [3.63, 3.8) is 0 Å². The average Bonchev–Trinajstić information content (AvgIpc) is 2.23. The summed E-state index contributed by atoms with van der Waals surface area (Å²) in [5.41, 5.74) is 0.635. The van der Waals surface area contributed by atoms with E-state index in [1.807, 2.05) is 6.92 Å². The zero-order valence-electron chi connectivity index (χ0n) is 12.6. The fraction of sp³-hybridized carbons (Fsp3) is 0.933. The summed E-state index contributed by atoms with van der Waals surface area (Å²) in [7, 11) is 0. The molecule has 0 heterocycles. The van der Waals surface area contributed by atoms with E-state index in [0.717, 1.165) is 19.3 Å². The molecule has 0 bridgehead atoms. The average molecular weight is 255 g/mol. The zero-order valence-corrected chi connectivity index (χ0v) is 12.6. The number of alkyl carbamates (subject to hydrolysis) is 1. The van der Waals surface area contributed by atoms with E-state index in [-0.39, 0.29) is 12.1 Å². The van der Waals surface area contributed by atoms with E-state index in [1.54, 1.807) is 0 Å². The fourth-order valence-corrected chi connectivity index (χ4v) is 3.41. The van der Waals surface area contributed by atoms with Crippen LogP contribution in [0.1, 0.15) is 66.7 Å². The molecular weight excluding hydrogens is 226 g/mol. The van der Waals surface area contributed by atoms with Crippen molar-refractivity contribution in [3.8, 4) is 0 Å². The minimum absolute atomic E-state index is 0.252. The van der Waals surface area contributed by atoms with Crippen LogP contribution in [-0.4, -0.2) is 18.7 Å². The maximum absolute atomic E-state index is 11.6. The second-order valence-corrected chi connectivity index (χ2v) is 6.89. The lowest BCUT2D eigenvalue weighted by molar-refractivity contribution is 0.0630. The molecule has 1 aliphatic carbocycles. The summed E-state index contributed by atoms with van der Waals surface area (Å²) >= 11 is 0. The minimum Gasteiger partial charge on any atom is -0.450 e. The topological polar surface area (TPSA) is 38.3 Å². The molecule has 1 fully saturated rings. The Balaban J connectivity index is 2.57. The van der Waals surface area contributed by atoms with Crippen LogP contribution in [0.3, 0.4) is 0 Å². The van der Waals surface area contributed by atoms with Crippen molar-refractivity contribution >= 4 is 6.09 Å². The third-order valence-corrected chi connectivity index (χ3v) is 4.06. The van der Waals surface area contributed by atoms with E-state index >= 15 is 0 Å². The number of nitrogens with one attached hydrogen (secondary N) is 1. The number of hydrogen-bond acceptors (Lipinski definition) is 2. The van der Waals surface area contributed by atoms with E-state index in [1.165, 1.54) is 12.8 Å². The van der Waals surface area contributed by atoms with Gasteiger partial charge in [-0.2, -0.15) is 0 Å². The second kappa shape index (κ2) is 5.94. The highest BCUT2D eigenvalue weighted by atomic mass is 16.5. The molecule has 0 spiro atoms. The number of amides is 1. The molecular formula is C15H29NO2. The zero-order chi connectivity index (χ0) is 13.8. The molecule has 1 N–H and O–H groups in total. The number of hydrogen-bond donors (Lipinski definition) is 1. The maximum atomic E-state index is 11.6. The fourth-order valence-electron chi connectivity index (χ4n) is 3.41. The summed E-state index contributed by atoms with van der Waals surface area (Å²) in [6, 6.07) is 0.253. The Labute approximate surface area is 112 Å². The van der Waals surface area contributed by atoms with Gasteiger partial charge in [-0.05, 0) is 36.5 Å². The molecule has 0 aromatic rings. The molecule has 2 atom stereocenters. The number of ether oxygens (including phenoxy) is 1. The third kappa shape index (κ3) is 4.51. The SMILES string of the molecule is CCCOC(=O)NC1CC(C)(C)CC(C)(CC)C1. The van der Waals surface area contributed by atoms with E-state index in [4.69, 9.17) is 4.74 Å². The van der Waals surface area contributed by atoms with E-state index in [2.05, 4.69) is 33.0 Å². The largest absolute Gasteiger partial charge is 0.450 e. The summed E-state index contributed by atoms with van der Waals surface area (Å²) in [6.45, 7) is 11.7. The van der Waals surface area contributed by atoms with Crippen LogP contribution in [0, 0.1) is 10.8 Å². The molecule has 0 aromatic heterocycles. The van der Waals surface area contributed by atoms with Crippen LogP contribution in [0.4, 0.5) is 4.79 Å². The molecule has 1 saturated carbocycles. The molecule has 1 aliphatic rings. The molecule has 106 valence electrons. The summed E-state index contributed by atoms with van der Waals surface area (Å²) in [6.07, 6.45) is 5.13. The van der Waals surface area contributed by atoms with Gasteiger partial charge in [-0.15, -0.1) is 0 Å². The van der Waals surface area contributed by atoms with Crippen molar-refractivity contribution in [2.75, 3.05) is 6.61 Å². The summed E-state index contributed by atoms with van der Waals surface area (Å²) in [5.74, 6) is 0. The number of rotatable bonds is 4. The number of carbonyl (C=O) groups is 1. The van der Waals surface area contributed by atoms with Crippen LogP contribution in [0.25, 0.3) is 0 Å². The standard InChI is InChI=1S/C15H29NO2/c1-6-8-18-13(17)16-12-9-14(3,4)11-15(5,7-2)10-12/h12H,6-11H2,1-5H3,(H,16,17). The van der Waals surface area contributed by atoms with Gasteiger partial charge < -0.3 is 10.1 Å². The quantitative estimate of drug-likeness (QED) is 0.820. The first-order valence-corrected chi connectivity index (χ1v) is 7.23. The second-order valence-electron chi connectivity index (χ2n) is 6.89. The molecule has 1 rings (SSSR count). The Morgan fingerprint density at radius 1 is 1.28 bits per heavy atom. The van der Waals surface area contributed by atoms with Crippen LogP contribution in [0.2, 0.25) is 0 Å². The van der Waals surface area contributed by atoms with Crippen molar-refractivity contribution in [2.45, 2.75) is 72.8 Å². The highest BCUT2D eigenvalue weighted by Gasteiger charge is 2.40. The Morgan fingerprint density at radius 3 is 2.50 bits per heavy atom. The van der Waals surface area contributed by atoms with E-state index in [0.29, 0.717) is 17.4 Å². The van der Waals surface area contributed by atoms with Crippen molar-refractivity contribution in [1.82, 2.24) is 5.32 Å². The van der Waals surface area contributed by atoms with Gasteiger partial charge in [0.2, 0.25) is 0 Å². The van der Waals surface area contributed by atoms with Crippen molar-refractivity contribution in [1.29, 1.82) is 0 Å². The first-order chi connectivity index (χ1) is 8.30. The first kappa shape index (κ1) is 15.3. The maximum Gasteiger partial charge on any atom is 0.407 e. The van der Waals surface area contributed by atoms with Gasteiger partial charge >= 0.3 is 6.09 Å². The Morgan fingerprint density at radius 2 is 1.94 bits per heavy atom. The molecule has 1 amide bonds. The summed E-state index contributed by atoms with van der Waals surface area (Å²) in [5, 5.41) is 3.04. The van der Waals surface area contributed by atoms with Gasteiger partial charge in [-0.25, -0.2) is 4.79 Å². The molecule has 3 nitrogen and oxygen atoms in total.